The molecule has 1 fully saturated rings. The molecule has 2 heterocycles. The van der Waals surface area contributed by atoms with E-state index in [1.807, 2.05) is 31.2 Å². The number of halogens is 2. The second-order valence-corrected chi connectivity index (χ2v) is 7.83. The van der Waals surface area contributed by atoms with E-state index >= 15 is 0 Å². The Bertz CT molecular complexity index is 1100. The van der Waals surface area contributed by atoms with Crippen molar-refractivity contribution in [2.24, 2.45) is 0 Å². The zero-order valence-corrected chi connectivity index (χ0v) is 17.7. The van der Waals surface area contributed by atoms with Crippen LogP contribution < -0.4 is 10.1 Å². The third-order valence-corrected chi connectivity index (χ3v) is 5.45. The largest absolute Gasteiger partial charge is 0.497 e. The predicted octanol–water partition coefficient (Wildman–Crippen LogP) is 4.21. The number of nitrogens with zero attached hydrogens (tertiary/aromatic N) is 4. The molecule has 0 saturated heterocycles. The Balaban J connectivity index is 1.49. The minimum atomic E-state index is -2.68. The van der Waals surface area contributed by atoms with E-state index in [0.29, 0.717) is 23.6 Å². The lowest BCUT2D eigenvalue weighted by Gasteiger charge is -2.09. The maximum absolute atomic E-state index is 13.4. The van der Waals surface area contributed by atoms with Crippen molar-refractivity contribution in [3.05, 3.63) is 58.7 Å². The number of hydrogen-bond acceptors (Lipinski definition) is 4. The number of ether oxygens (including phenoxy) is 1. The van der Waals surface area contributed by atoms with E-state index in [1.165, 1.54) is 6.07 Å². The second kappa shape index (κ2) is 8.49. The number of amides is 1. The van der Waals surface area contributed by atoms with Gasteiger partial charge in [-0.1, -0.05) is 12.1 Å². The number of carbonyl (C=O) groups is 1. The molecule has 7 nitrogen and oxygen atoms in total. The molecule has 164 valence electrons. The summed E-state index contributed by atoms with van der Waals surface area (Å²) < 4.78 is 34.9. The summed E-state index contributed by atoms with van der Waals surface area (Å²) in [5, 5.41) is 11.6. The van der Waals surface area contributed by atoms with Crippen LogP contribution in [-0.4, -0.2) is 32.6 Å². The highest BCUT2D eigenvalue weighted by molar-refractivity contribution is 5.91. The van der Waals surface area contributed by atoms with Crippen molar-refractivity contribution in [3.63, 3.8) is 0 Å². The van der Waals surface area contributed by atoms with Gasteiger partial charge in [-0.15, -0.1) is 0 Å². The first kappa shape index (κ1) is 21.0. The first-order chi connectivity index (χ1) is 14.9. The Kier molecular flexibility index (Phi) is 5.75. The third kappa shape index (κ3) is 4.60. The smallest absolute Gasteiger partial charge is 0.280 e. The molecule has 1 N–H and O–H groups in total. The molecule has 31 heavy (non-hydrogen) atoms. The topological polar surface area (TPSA) is 74.0 Å². The van der Waals surface area contributed by atoms with Crippen molar-refractivity contribution in [2.75, 3.05) is 12.4 Å². The van der Waals surface area contributed by atoms with Gasteiger partial charge in [-0.2, -0.15) is 10.2 Å². The van der Waals surface area contributed by atoms with E-state index in [9.17, 15) is 13.6 Å². The van der Waals surface area contributed by atoms with E-state index < -0.39 is 12.3 Å². The van der Waals surface area contributed by atoms with Crippen molar-refractivity contribution < 1.29 is 18.3 Å². The maximum atomic E-state index is 13.4. The van der Waals surface area contributed by atoms with Gasteiger partial charge in [0.15, 0.2) is 0 Å². The van der Waals surface area contributed by atoms with Crippen LogP contribution in [0.3, 0.4) is 0 Å². The number of aromatic nitrogens is 4. The lowest BCUT2D eigenvalue weighted by atomic mass is 10.2. The fraction of sp³-hybridized carbons (Fsp3) is 0.409. The molecule has 1 aliphatic rings. The number of aryl methyl sites for hydroxylation is 1. The summed E-state index contributed by atoms with van der Waals surface area (Å²) in [6.07, 6.45) is -0.769. The lowest BCUT2D eigenvalue weighted by molar-refractivity contribution is -0.117. The van der Waals surface area contributed by atoms with Crippen LogP contribution >= 0.6 is 0 Å². The Morgan fingerprint density at radius 2 is 2.00 bits per heavy atom. The van der Waals surface area contributed by atoms with Crippen molar-refractivity contribution >= 4 is 11.6 Å². The highest BCUT2D eigenvalue weighted by Crippen LogP contribution is 2.40. The van der Waals surface area contributed by atoms with E-state index in [-0.39, 0.29) is 18.2 Å². The molecule has 0 atom stereocenters. The molecule has 0 aliphatic heterocycles. The normalized spacial score (nSPS) is 13.6. The highest BCUT2D eigenvalue weighted by atomic mass is 19.3. The molecule has 4 rings (SSSR count). The number of benzene rings is 1. The number of methoxy groups -OCH3 is 1. The van der Waals surface area contributed by atoms with E-state index in [1.54, 1.807) is 18.7 Å². The van der Waals surface area contributed by atoms with E-state index in [0.717, 1.165) is 34.5 Å². The molecule has 0 unspecified atom stereocenters. The molecule has 1 aliphatic carbocycles. The molecule has 9 heteroatoms. The van der Waals surface area contributed by atoms with Crippen molar-refractivity contribution in [2.45, 2.75) is 52.1 Å². The average Bonchev–Trinajstić information content (AvgIpc) is 3.45. The second-order valence-electron chi connectivity index (χ2n) is 7.83. The van der Waals surface area contributed by atoms with Gasteiger partial charge in [-0.05, 0) is 50.5 Å². The molecule has 0 spiro atoms. The van der Waals surface area contributed by atoms with Gasteiger partial charge < -0.3 is 10.1 Å². The van der Waals surface area contributed by atoms with Crippen molar-refractivity contribution in [1.82, 2.24) is 19.6 Å². The van der Waals surface area contributed by atoms with Crippen molar-refractivity contribution in [3.8, 4) is 5.75 Å². The fourth-order valence-electron chi connectivity index (χ4n) is 3.62. The standard InChI is InChI=1S/C22H25F2N5O2/c1-13-21(14(2)28(26-13)11-15-5-4-6-17(9-15)31-3)25-20(30)12-29-19(22(23)24)10-18(27-29)16-7-8-16/h4-6,9-10,16,22H,7-8,11-12H2,1-3H3,(H,25,30). The zero-order valence-electron chi connectivity index (χ0n) is 17.7. The maximum Gasteiger partial charge on any atom is 0.280 e. The molecular weight excluding hydrogens is 404 g/mol. The number of nitrogens with one attached hydrogen (secondary N) is 1. The summed E-state index contributed by atoms with van der Waals surface area (Å²) in [5.74, 6) is 0.577. The van der Waals surface area contributed by atoms with Crippen LogP contribution in [0.2, 0.25) is 0 Å². The third-order valence-electron chi connectivity index (χ3n) is 5.45. The molecule has 1 aromatic carbocycles. The van der Waals surface area contributed by atoms with E-state index in [2.05, 4.69) is 15.5 Å². The Morgan fingerprint density at radius 3 is 2.68 bits per heavy atom. The van der Waals surface area contributed by atoms with Crippen LogP contribution in [0.25, 0.3) is 0 Å². The van der Waals surface area contributed by atoms with Gasteiger partial charge in [0, 0.05) is 5.92 Å². The number of anilines is 1. The molecule has 1 saturated carbocycles. The van der Waals surface area contributed by atoms with Crippen LogP contribution in [0.4, 0.5) is 14.5 Å². The van der Waals surface area contributed by atoms with E-state index in [4.69, 9.17) is 4.74 Å². The van der Waals surface area contributed by atoms with Gasteiger partial charge in [0.25, 0.3) is 6.43 Å². The molecule has 0 radical (unpaired) electrons. The summed E-state index contributed by atoms with van der Waals surface area (Å²) in [4.78, 5) is 12.6. The minimum Gasteiger partial charge on any atom is -0.497 e. The predicted molar refractivity (Wildman–Crippen MR) is 112 cm³/mol. The molecule has 1 amide bonds. The number of carbonyl (C=O) groups excluding carboxylic acids is 1. The Morgan fingerprint density at radius 1 is 1.23 bits per heavy atom. The average molecular weight is 429 g/mol. The van der Waals surface area contributed by atoms with Gasteiger partial charge in [-0.25, -0.2) is 8.78 Å². The minimum absolute atomic E-state index is 0.223. The molecule has 0 bridgehead atoms. The van der Waals surface area contributed by atoms with Gasteiger partial charge in [0.2, 0.25) is 5.91 Å². The van der Waals surface area contributed by atoms with Gasteiger partial charge in [-0.3, -0.25) is 14.2 Å². The zero-order chi connectivity index (χ0) is 22.1. The van der Waals surface area contributed by atoms with Gasteiger partial charge in [0.05, 0.1) is 36.4 Å². The van der Waals surface area contributed by atoms with Crippen LogP contribution in [0.5, 0.6) is 5.75 Å². The summed E-state index contributed by atoms with van der Waals surface area (Å²) in [6.45, 7) is 3.90. The van der Waals surface area contributed by atoms with Crippen LogP contribution in [0.15, 0.2) is 30.3 Å². The highest BCUT2D eigenvalue weighted by Gasteiger charge is 2.29. The summed E-state index contributed by atoms with van der Waals surface area (Å²) in [7, 11) is 1.61. The van der Waals surface area contributed by atoms with Gasteiger partial charge in [0.1, 0.15) is 18.0 Å². The monoisotopic (exact) mass is 429 g/mol. The van der Waals surface area contributed by atoms with Crippen LogP contribution in [-0.2, 0) is 17.9 Å². The Hall–Kier alpha value is -3.23. The first-order valence-corrected chi connectivity index (χ1v) is 10.2. The van der Waals surface area contributed by atoms with Crippen molar-refractivity contribution in [1.29, 1.82) is 0 Å². The lowest BCUT2D eigenvalue weighted by Crippen LogP contribution is -2.21. The fourth-order valence-corrected chi connectivity index (χ4v) is 3.62. The quantitative estimate of drug-likeness (QED) is 0.582. The SMILES string of the molecule is COc1cccc(Cn2nc(C)c(NC(=O)Cn3nc(C4CC4)cc3C(F)F)c2C)c1. The summed E-state index contributed by atoms with van der Waals surface area (Å²) >= 11 is 0. The van der Waals surface area contributed by atoms with Crippen LogP contribution in [0, 0.1) is 13.8 Å². The summed E-state index contributed by atoms with van der Waals surface area (Å²) in [6, 6.07) is 9.09. The number of alkyl halides is 2. The molecule has 3 aromatic rings. The van der Waals surface area contributed by atoms with Gasteiger partial charge >= 0.3 is 0 Å². The van der Waals surface area contributed by atoms with Crippen LogP contribution in [0.1, 0.15) is 53.5 Å². The first-order valence-electron chi connectivity index (χ1n) is 10.2. The molecular formula is C22H25F2N5O2. The number of hydrogen-bond donors (Lipinski definition) is 1. The summed E-state index contributed by atoms with van der Waals surface area (Å²) in [5.41, 5.74) is 3.44. The Labute approximate surface area is 179 Å². The number of rotatable bonds is 8. The molecule has 2 aromatic heterocycles.